The van der Waals surface area contributed by atoms with E-state index in [2.05, 4.69) is 5.32 Å². The lowest BCUT2D eigenvalue weighted by Gasteiger charge is -2.29. The zero-order valence-corrected chi connectivity index (χ0v) is 14.1. The van der Waals surface area contributed by atoms with E-state index in [1.807, 2.05) is 0 Å². The Bertz CT molecular complexity index is 576. The van der Waals surface area contributed by atoms with Gasteiger partial charge in [0.1, 0.15) is 23.2 Å². The molecule has 1 atom stereocenters. The van der Waals surface area contributed by atoms with Gasteiger partial charge in [0.15, 0.2) is 0 Å². The van der Waals surface area contributed by atoms with Gasteiger partial charge < -0.3 is 10.2 Å². The number of hydrogen-bond donors (Lipinski definition) is 1. The van der Waals surface area contributed by atoms with Crippen molar-refractivity contribution in [1.29, 1.82) is 0 Å². The van der Waals surface area contributed by atoms with Gasteiger partial charge in [-0.25, -0.2) is 8.78 Å². The predicted molar refractivity (Wildman–Crippen MR) is 87.5 cm³/mol. The molecule has 1 N–H and O–H groups in total. The maximum atomic E-state index is 13.8. The highest BCUT2D eigenvalue weighted by Crippen LogP contribution is 2.16. The van der Waals surface area contributed by atoms with E-state index in [9.17, 15) is 18.4 Å². The van der Waals surface area contributed by atoms with Crippen molar-refractivity contribution in [2.24, 2.45) is 5.92 Å². The van der Waals surface area contributed by atoms with Gasteiger partial charge in [-0.1, -0.05) is 32.8 Å². The summed E-state index contributed by atoms with van der Waals surface area (Å²) in [4.78, 5) is 26.8. The molecule has 2 rings (SSSR count). The molecule has 1 heterocycles. The SMILES string of the molecule is CC(C)[C@@H](NC(=O)c1c(F)cccc1F)C(=O)N1CCCCCC1. The molecule has 1 fully saturated rings. The number of carbonyl (C=O) groups is 2. The predicted octanol–water partition coefficient (Wildman–Crippen LogP) is 3.12. The number of hydrogen-bond acceptors (Lipinski definition) is 2. The van der Waals surface area contributed by atoms with Crippen LogP contribution in [0, 0.1) is 17.6 Å². The van der Waals surface area contributed by atoms with Crippen LogP contribution in [0.3, 0.4) is 0 Å². The summed E-state index contributed by atoms with van der Waals surface area (Å²) >= 11 is 0. The molecule has 1 aliphatic rings. The molecule has 0 unspecified atom stereocenters. The van der Waals surface area contributed by atoms with Crippen LogP contribution in [0.1, 0.15) is 49.9 Å². The highest BCUT2D eigenvalue weighted by Gasteiger charge is 2.30. The summed E-state index contributed by atoms with van der Waals surface area (Å²) < 4.78 is 27.5. The van der Waals surface area contributed by atoms with Crippen LogP contribution >= 0.6 is 0 Å². The van der Waals surface area contributed by atoms with Crippen LogP contribution in [0.25, 0.3) is 0 Å². The van der Waals surface area contributed by atoms with Gasteiger partial charge in [-0.2, -0.15) is 0 Å². The third-order valence-electron chi connectivity index (χ3n) is 4.33. The van der Waals surface area contributed by atoms with Crippen LogP contribution in [0.2, 0.25) is 0 Å². The standard InChI is InChI=1S/C18H24F2N2O2/c1-12(2)16(18(24)22-10-5-3-4-6-11-22)21-17(23)15-13(19)8-7-9-14(15)20/h7-9,12,16H,3-6,10-11H2,1-2H3,(H,21,23)/t16-/m1/s1. The number of benzene rings is 1. The smallest absolute Gasteiger partial charge is 0.257 e. The lowest BCUT2D eigenvalue weighted by atomic mass is 10.0. The monoisotopic (exact) mass is 338 g/mol. The lowest BCUT2D eigenvalue weighted by Crippen LogP contribution is -2.51. The molecule has 24 heavy (non-hydrogen) atoms. The molecule has 1 saturated heterocycles. The van der Waals surface area contributed by atoms with E-state index in [-0.39, 0.29) is 11.8 Å². The number of rotatable bonds is 4. The normalized spacial score (nSPS) is 16.6. The van der Waals surface area contributed by atoms with Gasteiger partial charge in [0.05, 0.1) is 0 Å². The molecule has 4 nitrogen and oxygen atoms in total. The second-order valence-corrected chi connectivity index (χ2v) is 6.53. The largest absolute Gasteiger partial charge is 0.341 e. The van der Waals surface area contributed by atoms with Gasteiger partial charge >= 0.3 is 0 Å². The van der Waals surface area contributed by atoms with Gasteiger partial charge in [-0.15, -0.1) is 0 Å². The van der Waals surface area contributed by atoms with Gasteiger partial charge in [0.2, 0.25) is 5.91 Å². The quantitative estimate of drug-likeness (QED) is 0.917. The molecular formula is C18H24F2N2O2. The Hall–Kier alpha value is -1.98. The number of halogens is 2. The fraction of sp³-hybridized carbons (Fsp3) is 0.556. The minimum absolute atomic E-state index is 0.181. The number of nitrogens with zero attached hydrogens (tertiary/aromatic N) is 1. The highest BCUT2D eigenvalue weighted by atomic mass is 19.1. The summed E-state index contributed by atoms with van der Waals surface area (Å²) in [5, 5.41) is 2.52. The van der Waals surface area contributed by atoms with Crippen molar-refractivity contribution in [3.05, 3.63) is 35.4 Å². The van der Waals surface area contributed by atoms with E-state index in [0.29, 0.717) is 13.1 Å². The van der Waals surface area contributed by atoms with Crippen molar-refractivity contribution in [3.63, 3.8) is 0 Å². The molecule has 132 valence electrons. The molecule has 0 aromatic heterocycles. The van der Waals surface area contributed by atoms with Gasteiger partial charge in [0, 0.05) is 13.1 Å². The number of likely N-dealkylation sites (tertiary alicyclic amines) is 1. The fourth-order valence-corrected chi connectivity index (χ4v) is 2.93. The third-order valence-corrected chi connectivity index (χ3v) is 4.33. The summed E-state index contributed by atoms with van der Waals surface area (Å²) in [5.41, 5.74) is -0.646. The van der Waals surface area contributed by atoms with E-state index in [4.69, 9.17) is 0 Å². The Morgan fingerprint density at radius 1 is 1.04 bits per heavy atom. The van der Waals surface area contributed by atoms with Gasteiger partial charge in [-0.05, 0) is 30.9 Å². The van der Waals surface area contributed by atoms with Crippen LogP contribution in [0.15, 0.2) is 18.2 Å². The Kier molecular flexibility index (Phi) is 6.29. The van der Waals surface area contributed by atoms with Crippen LogP contribution in [-0.4, -0.2) is 35.8 Å². The Morgan fingerprint density at radius 2 is 1.58 bits per heavy atom. The van der Waals surface area contributed by atoms with E-state index >= 15 is 0 Å². The zero-order chi connectivity index (χ0) is 17.7. The molecule has 1 aliphatic heterocycles. The molecule has 0 radical (unpaired) electrons. The molecule has 0 aliphatic carbocycles. The molecule has 6 heteroatoms. The average Bonchev–Trinajstić information content (AvgIpc) is 2.80. The fourth-order valence-electron chi connectivity index (χ4n) is 2.93. The number of carbonyl (C=O) groups excluding carboxylic acids is 2. The minimum Gasteiger partial charge on any atom is -0.341 e. The van der Waals surface area contributed by atoms with Crippen molar-refractivity contribution >= 4 is 11.8 Å². The summed E-state index contributed by atoms with van der Waals surface area (Å²) in [7, 11) is 0. The first-order valence-electron chi connectivity index (χ1n) is 8.45. The van der Waals surface area contributed by atoms with E-state index in [0.717, 1.165) is 37.8 Å². The average molecular weight is 338 g/mol. The Morgan fingerprint density at radius 3 is 2.08 bits per heavy atom. The second-order valence-electron chi connectivity index (χ2n) is 6.53. The van der Waals surface area contributed by atoms with Crippen molar-refractivity contribution < 1.29 is 18.4 Å². The van der Waals surface area contributed by atoms with Gasteiger partial charge in [-0.3, -0.25) is 9.59 Å². The number of amides is 2. The number of nitrogens with one attached hydrogen (secondary N) is 1. The first-order valence-corrected chi connectivity index (χ1v) is 8.45. The first kappa shape index (κ1) is 18.4. The minimum atomic E-state index is -0.933. The first-order chi connectivity index (χ1) is 11.4. The van der Waals surface area contributed by atoms with Crippen LogP contribution in [0.5, 0.6) is 0 Å². The van der Waals surface area contributed by atoms with E-state index < -0.39 is 29.1 Å². The molecule has 0 saturated carbocycles. The molecule has 0 bridgehead atoms. The van der Waals surface area contributed by atoms with Crippen molar-refractivity contribution in [2.45, 2.75) is 45.6 Å². The highest BCUT2D eigenvalue weighted by molar-refractivity contribution is 5.98. The lowest BCUT2D eigenvalue weighted by molar-refractivity contribution is -0.134. The van der Waals surface area contributed by atoms with Crippen LogP contribution < -0.4 is 5.32 Å². The Balaban J connectivity index is 2.16. The molecule has 2 amide bonds. The molecule has 1 aromatic rings. The van der Waals surface area contributed by atoms with E-state index in [1.165, 1.54) is 6.07 Å². The van der Waals surface area contributed by atoms with Crippen LogP contribution in [0.4, 0.5) is 8.78 Å². The maximum absolute atomic E-state index is 13.8. The molecule has 0 spiro atoms. The molecule has 1 aromatic carbocycles. The summed E-state index contributed by atoms with van der Waals surface area (Å²) in [6.07, 6.45) is 4.05. The van der Waals surface area contributed by atoms with Gasteiger partial charge in [0.25, 0.3) is 5.91 Å². The Labute approximate surface area is 141 Å². The van der Waals surface area contributed by atoms with Crippen molar-refractivity contribution in [2.75, 3.05) is 13.1 Å². The zero-order valence-electron chi connectivity index (χ0n) is 14.1. The summed E-state index contributed by atoms with van der Waals surface area (Å²) in [6, 6.07) is 2.46. The topological polar surface area (TPSA) is 49.4 Å². The summed E-state index contributed by atoms with van der Waals surface area (Å²) in [5.74, 6) is -3.13. The summed E-state index contributed by atoms with van der Waals surface area (Å²) in [6.45, 7) is 4.93. The second kappa shape index (κ2) is 8.22. The van der Waals surface area contributed by atoms with Crippen molar-refractivity contribution in [3.8, 4) is 0 Å². The maximum Gasteiger partial charge on any atom is 0.257 e. The van der Waals surface area contributed by atoms with Crippen LogP contribution in [-0.2, 0) is 4.79 Å². The third kappa shape index (κ3) is 4.30. The van der Waals surface area contributed by atoms with E-state index in [1.54, 1.807) is 18.7 Å². The van der Waals surface area contributed by atoms with Crippen molar-refractivity contribution in [1.82, 2.24) is 10.2 Å². The molecular weight excluding hydrogens is 314 g/mol.